The molecule has 0 fully saturated rings. The van der Waals surface area contributed by atoms with Crippen LogP contribution in [0.15, 0.2) is 48.7 Å². The lowest BCUT2D eigenvalue weighted by molar-refractivity contribution is 0.200. The van der Waals surface area contributed by atoms with Gasteiger partial charge in [0.15, 0.2) is 0 Å². The number of hydrogen-bond donors (Lipinski definition) is 1. The van der Waals surface area contributed by atoms with E-state index in [1.165, 1.54) is 16.7 Å². The highest BCUT2D eigenvalue weighted by Gasteiger charge is 2.17. The fraction of sp³-hybridized carbons (Fsp3) is 0.320. The van der Waals surface area contributed by atoms with E-state index >= 15 is 0 Å². The summed E-state index contributed by atoms with van der Waals surface area (Å²) in [7, 11) is 0. The summed E-state index contributed by atoms with van der Waals surface area (Å²) in [5.41, 5.74) is 9.22. The fourth-order valence-electron chi connectivity index (χ4n) is 3.67. The molecule has 3 heteroatoms. The van der Waals surface area contributed by atoms with Crippen LogP contribution in [0.1, 0.15) is 35.7 Å². The predicted molar refractivity (Wildman–Crippen MR) is 116 cm³/mol. The zero-order valence-electron chi connectivity index (χ0n) is 17.2. The third-order valence-corrected chi connectivity index (χ3v) is 5.03. The summed E-state index contributed by atoms with van der Waals surface area (Å²) < 4.78 is 5.80. The number of aliphatic hydroxyl groups is 1. The summed E-state index contributed by atoms with van der Waals surface area (Å²) in [6.07, 6.45) is 4.11. The normalized spacial score (nSPS) is 10.9. The lowest BCUT2D eigenvalue weighted by Gasteiger charge is -2.19. The minimum atomic E-state index is 0.000611. The Labute approximate surface area is 168 Å². The minimum Gasteiger partial charge on any atom is -0.491 e. The molecule has 146 valence electrons. The van der Waals surface area contributed by atoms with Crippen molar-refractivity contribution < 1.29 is 9.84 Å². The van der Waals surface area contributed by atoms with Gasteiger partial charge in [-0.15, -0.1) is 0 Å². The standard InChI is InChI=1S/C25H29NO2/c1-5-7-20-8-6-9-21(15-20)22-10-11-24(28-13-12-27)18(3)25(22)23-14-17(2)16-26-19(23)4/h6,8-11,14-16,27H,5,7,12-13H2,1-4H3. The van der Waals surface area contributed by atoms with Crippen molar-refractivity contribution in [3.63, 3.8) is 0 Å². The number of aryl methyl sites for hydroxylation is 3. The lowest BCUT2D eigenvalue weighted by Crippen LogP contribution is -2.04. The van der Waals surface area contributed by atoms with Crippen LogP contribution in [0.25, 0.3) is 22.3 Å². The number of aliphatic hydroxyl groups excluding tert-OH is 1. The molecule has 3 nitrogen and oxygen atoms in total. The second-order valence-electron chi connectivity index (χ2n) is 7.28. The van der Waals surface area contributed by atoms with E-state index in [1.54, 1.807) is 0 Å². The Hall–Kier alpha value is -2.65. The summed E-state index contributed by atoms with van der Waals surface area (Å²) >= 11 is 0. The van der Waals surface area contributed by atoms with Crippen LogP contribution < -0.4 is 4.74 Å². The number of benzene rings is 2. The second-order valence-corrected chi connectivity index (χ2v) is 7.28. The van der Waals surface area contributed by atoms with Gasteiger partial charge in [-0.1, -0.05) is 43.7 Å². The molecule has 2 aromatic carbocycles. The number of aromatic nitrogens is 1. The molecule has 1 aromatic heterocycles. The van der Waals surface area contributed by atoms with Crippen LogP contribution in [0.2, 0.25) is 0 Å². The molecule has 3 aromatic rings. The van der Waals surface area contributed by atoms with Crippen LogP contribution in [0.4, 0.5) is 0 Å². The van der Waals surface area contributed by atoms with Gasteiger partial charge in [0.25, 0.3) is 0 Å². The first-order valence-corrected chi connectivity index (χ1v) is 9.95. The van der Waals surface area contributed by atoms with Crippen LogP contribution in [0, 0.1) is 20.8 Å². The maximum Gasteiger partial charge on any atom is 0.122 e. The molecule has 0 spiro atoms. The van der Waals surface area contributed by atoms with E-state index in [4.69, 9.17) is 9.84 Å². The predicted octanol–water partition coefficient (Wildman–Crippen LogP) is 5.66. The summed E-state index contributed by atoms with van der Waals surface area (Å²) in [5, 5.41) is 9.16. The van der Waals surface area contributed by atoms with E-state index in [9.17, 15) is 0 Å². The van der Waals surface area contributed by atoms with E-state index < -0.39 is 0 Å². The van der Waals surface area contributed by atoms with Gasteiger partial charge in [-0.2, -0.15) is 0 Å². The van der Waals surface area contributed by atoms with Crippen molar-refractivity contribution >= 4 is 0 Å². The van der Waals surface area contributed by atoms with Gasteiger partial charge >= 0.3 is 0 Å². The van der Waals surface area contributed by atoms with Gasteiger partial charge in [-0.05, 0) is 72.7 Å². The third-order valence-electron chi connectivity index (χ3n) is 5.03. The van der Waals surface area contributed by atoms with Crippen molar-refractivity contribution in [2.45, 2.75) is 40.5 Å². The maximum absolute atomic E-state index is 9.16. The zero-order valence-corrected chi connectivity index (χ0v) is 17.2. The number of nitrogens with zero attached hydrogens (tertiary/aromatic N) is 1. The molecule has 0 saturated carbocycles. The highest BCUT2D eigenvalue weighted by atomic mass is 16.5. The summed E-state index contributed by atoms with van der Waals surface area (Å²) in [6.45, 7) is 8.70. The highest BCUT2D eigenvalue weighted by Crippen LogP contribution is 2.40. The topological polar surface area (TPSA) is 42.4 Å². The molecule has 0 aliphatic rings. The van der Waals surface area contributed by atoms with E-state index in [0.717, 1.165) is 46.5 Å². The van der Waals surface area contributed by atoms with Gasteiger partial charge in [0, 0.05) is 17.5 Å². The molecule has 0 aliphatic carbocycles. The first kappa shape index (κ1) is 20.1. The Morgan fingerprint density at radius 3 is 2.57 bits per heavy atom. The molecule has 1 N–H and O–H groups in total. The Balaban J connectivity index is 2.24. The summed E-state index contributed by atoms with van der Waals surface area (Å²) in [6, 6.07) is 15.1. The maximum atomic E-state index is 9.16. The third kappa shape index (κ3) is 4.26. The van der Waals surface area contributed by atoms with Crippen LogP contribution in [-0.4, -0.2) is 23.3 Å². The molecular formula is C25H29NO2. The van der Waals surface area contributed by atoms with Crippen molar-refractivity contribution in [1.82, 2.24) is 4.98 Å². The van der Waals surface area contributed by atoms with Crippen molar-refractivity contribution in [2.24, 2.45) is 0 Å². The molecular weight excluding hydrogens is 346 g/mol. The smallest absolute Gasteiger partial charge is 0.122 e. The van der Waals surface area contributed by atoms with Gasteiger partial charge in [0.1, 0.15) is 12.4 Å². The van der Waals surface area contributed by atoms with E-state index in [0.29, 0.717) is 0 Å². The average Bonchev–Trinajstić information content (AvgIpc) is 2.69. The van der Waals surface area contributed by atoms with E-state index in [2.05, 4.69) is 62.2 Å². The summed E-state index contributed by atoms with van der Waals surface area (Å²) in [5.74, 6) is 0.804. The number of hydrogen-bond acceptors (Lipinski definition) is 3. The SMILES string of the molecule is CCCc1cccc(-c2ccc(OCCO)c(C)c2-c2cc(C)cnc2C)c1. The quantitative estimate of drug-likeness (QED) is 0.579. The Morgan fingerprint density at radius 2 is 1.82 bits per heavy atom. The van der Waals surface area contributed by atoms with Gasteiger partial charge in [0.05, 0.1) is 6.61 Å². The minimum absolute atomic E-state index is 0.000611. The molecule has 0 aliphatic heterocycles. The van der Waals surface area contributed by atoms with Gasteiger partial charge in [0.2, 0.25) is 0 Å². The van der Waals surface area contributed by atoms with Gasteiger partial charge in [-0.25, -0.2) is 0 Å². The van der Waals surface area contributed by atoms with Crippen LogP contribution in [-0.2, 0) is 6.42 Å². The second kappa shape index (κ2) is 9.03. The zero-order chi connectivity index (χ0) is 20.1. The highest BCUT2D eigenvalue weighted by molar-refractivity contribution is 5.88. The Bertz CT molecular complexity index is 963. The lowest BCUT2D eigenvalue weighted by atomic mass is 9.88. The van der Waals surface area contributed by atoms with Crippen molar-refractivity contribution in [2.75, 3.05) is 13.2 Å². The number of pyridine rings is 1. The van der Waals surface area contributed by atoms with Crippen molar-refractivity contribution in [1.29, 1.82) is 0 Å². The average molecular weight is 376 g/mol. The molecule has 0 atom stereocenters. The molecule has 0 saturated heterocycles. The van der Waals surface area contributed by atoms with Gasteiger partial charge in [-0.3, -0.25) is 4.98 Å². The summed E-state index contributed by atoms with van der Waals surface area (Å²) in [4.78, 5) is 4.59. The Morgan fingerprint density at radius 1 is 1.00 bits per heavy atom. The largest absolute Gasteiger partial charge is 0.491 e. The van der Waals surface area contributed by atoms with Crippen LogP contribution in [0.3, 0.4) is 0 Å². The molecule has 0 bridgehead atoms. The molecule has 1 heterocycles. The van der Waals surface area contributed by atoms with E-state index in [1.807, 2.05) is 19.2 Å². The molecule has 28 heavy (non-hydrogen) atoms. The van der Waals surface area contributed by atoms with Crippen LogP contribution >= 0.6 is 0 Å². The molecule has 0 unspecified atom stereocenters. The first-order valence-electron chi connectivity index (χ1n) is 9.95. The Kier molecular flexibility index (Phi) is 6.48. The fourth-order valence-corrected chi connectivity index (χ4v) is 3.67. The number of ether oxygens (including phenoxy) is 1. The van der Waals surface area contributed by atoms with Crippen molar-refractivity contribution in [3.8, 4) is 28.0 Å². The number of rotatable bonds is 7. The first-order chi connectivity index (χ1) is 13.5. The van der Waals surface area contributed by atoms with Crippen molar-refractivity contribution in [3.05, 3.63) is 71.0 Å². The monoisotopic (exact) mass is 375 g/mol. The van der Waals surface area contributed by atoms with Crippen LogP contribution in [0.5, 0.6) is 5.75 Å². The molecule has 0 amide bonds. The van der Waals surface area contributed by atoms with Gasteiger partial charge < -0.3 is 9.84 Å². The van der Waals surface area contributed by atoms with E-state index in [-0.39, 0.29) is 13.2 Å². The molecule has 3 rings (SSSR count). The molecule has 0 radical (unpaired) electrons.